The molecule has 0 radical (unpaired) electrons. The molecule has 0 saturated carbocycles. The van der Waals surface area contributed by atoms with Gasteiger partial charge in [-0.25, -0.2) is 0 Å². The fraction of sp³-hybridized carbons (Fsp3) is 0.533. The quantitative estimate of drug-likeness (QED) is 0.701. The summed E-state index contributed by atoms with van der Waals surface area (Å²) >= 11 is 0. The second kappa shape index (κ2) is 8.53. The van der Waals surface area contributed by atoms with Gasteiger partial charge < -0.3 is 15.4 Å². The van der Waals surface area contributed by atoms with Gasteiger partial charge in [-0.15, -0.1) is 0 Å². The van der Waals surface area contributed by atoms with Crippen LogP contribution >= 0.6 is 0 Å². The van der Waals surface area contributed by atoms with Crippen molar-refractivity contribution in [1.82, 2.24) is 10.6 Å². The Bertz CT molecular complexity index is 393. The molecule has 1 aromatic carbocycles. The van der Waals surface area contributed by atoms with E-state index >= 15 is 0 Å². The van der Waals surface area contributed by atoms with Crippen LogP contribution < -0.4 is 15.4 Å². The van der Waals surface area contributed by atoms with Crippen molar-refractivity contribution in [1.29, 1.82) is 0 Å². The highest BCUT2D eigenvalue weighted by Gasteiger charge is 2.10. The molecule has 0 aliphatic heterocycles. The third-order valence-corrected chi connectivity index (χ3v) is 3.03. The monoisotopic (exact) mass is 264 g/mol. The van der Waals surface area contributed by atoms with E-state index in [2.05, 4.69) is 16.7 Å². The van der Waals surface area contributed by atoms with Gasteiger partial charge in [0.05, 0.1) is 7.11 Å². The maximum Gasteiger partial charge on any atom is 0.224 e. The summed E-state index contributed by atoms with van der Waals surface area (Å²) in [6, 6.07) is 8.03. The first-order valence-corrected chi connectivity index (χ1v) is 6.72. The first kappa shape index (κ1) is 15.5. The molecule has 0 spiro atoms. The summed E-state index contributed by atoms with van der Waals surface area (Å²) in [6.45, 7) is 3.35. The van der Waals surface area contributed by atoms with Crippen LogP contribution in [0.1, 0.15) is 18.9 Å². The minimum Gasteiger partial charge on any atom is -0.497 e. The zero-order chi connectivity index (χ0) is 14.1. The normalized spacial score (nSPS) is 11.9. The van der Waals surface area contributed by atoms with Crippen LogP contribution in [0.25, 0.3) is 0 Å². The number of carbonyl (C=O) groups excluding carboxylic acids is 1. The molecule has 1 rings (SSSR count). The number of nitrogens with one attached hydrogen (secondary N) is 2. The fourth-order valence-electron chi connectivity index (χ4n) is 1.91. The number of aryl methyl sites for hydroxylation is 1. The van der Waals surface area contributed by atoms with Gasteiger partial charge in [0.1, 0.15) is 5.75 Å². The third-order valence-electron chi connectivity index (χ3n) is 3.03. The molecule has 1 amide bonds. The Morgan fingerprint density at radius 3 is 2.89 bits per heavy atom. The van der Waals surface area contributed by atoms with E-state index in [0.717, 1.165) is 18.6 Å². The Morgan fingerprint density at radius 1 is 1.42 bits per heavy atom. The molecule has 0 bridgehead atoms. The number of methoxy groups -OCH3 is 1. The Balaban J connectivity index is 2.25. The Hall–Kier alpha value is -1.55. The van der Waals surface area contributed by atoms with Gasteiger partial charge in [0.25, 0.3) is 0 Å². The van der Waals surface area contributed by atoms with Crippen LogP contribution in [-0.2, 0) is 11.2 Å². The smallest absolute Gasteiger partial charge is 0.224 e. The topological polar surface area (TPSA) is 50.4 Å². The lowest BCUT2D eigenvalue weighted by Crippen LogP contribution is -2.34. The average Bonchev–Trinajstić information content (AvgIpc) is 2.43. The molecule has 0 saturated heterocycles. The molecule has 0 aromatic heterocycles. The summed E-state index contributed by atoms with van der Waals surface area (Å²) in [7, 11) is 3.52. The van der Waals surface area contributed by atoms with E-state index in [-0.39, 0.29) is 11.8 Å². The molecule has 1 unspecified atom stereocenters. The first-order valence-electron chi connectivity index (χ1n) is 6.72. The van der Waals surface area contributed by atoms with Crippen LogP contribution in [0.15, 0.2) is 24.3 Å². The van der Waals surface area contributed by atoms with Gasteiger partial charge in [0.2, 0.25) is 5.91 Å². The van der Waals surface area contributed by atoms with Crippen LogP contribution in [0.5, 0.6) is 5.75 Å². The van der Waals surface area contributed by atoms with Crippen molar-refractivity contribution in [2.75, 3.05) is 27.2 Å². The van der Waals surface area contributed by atoms with E-state index < -0.39 is 0 Å². The summed E-state index contributed by atoms with van der Waals surface area (Å²) in [5.74, 6) is 1.01. The van der Waals surface area contributed by atoms with Crippen molar-refractivity contribution in [3.63, 3.8) is 0 Å². The Morgan fingerprint density at radius 2 is 2.21 bits per heavy atom. The lowest BCUT2D eigenvalue weighted by Gasteiger charge is -2.11. The van der Waals surface area contributed by atoms with Crippen LogP contribution in [0, 0.1) is 5.92 Å². The molecule has 106 valence electrons. The molecule has 0 aliphatic rings. The molecule has 4 heteroatoms. The van der Waals surface area contributed by atoms with E-state index in [1.54, 1.807) is 7.11 Å². The van der Waals surface area contributed by atoms with Crippen molar-refractivity contribution in [3.8, 4) is 5.75 Å². The lowest BCUT2D eigenvalue weighted by atomic mass is 10.1. The number of amides is 1. The maximum absolute atomic E-state index is 11.7. The highest BCUT2D eigenvalue weighted by Crippen LogP contribution is 2.13. The number of hydrogen-bond acceptors (Lipinski definition) is 3. The van der Waals surface area contributed by atoms with Gasteiger partial charge in [-0.05, 0) is 37.6 Å². The summed E-state index contributed by atoms with van der Waals surface area (Å²) in [5, 5.41) is 5.96. The van der Waals surface area contributed by atoms with Crippen molar-refractivity contribution in [3.05, 3.63) is 29.8 Å². The highest BCUT2D eigenvalue weighted by molar-refractivity contribution is 5.78. The molecule has 0 heterocycles. The number of rotatable bonds is 8. The number of hydrogen-bond donors (Lipinski definition) is 2. The van der Waals surface area contributed by atoms with E-state index in [0.29, 0.717) is 13.1 Å². The summed E-state index contributed by atoms with van der Waals surface area (Å²) in [6.07, 6.45) is 1.88. The van der Waals surface area contributed by atoms with E-state index in [4.69, 9.17) is 4.74 Å². The molecule has 4 nitrogen and oxygen atoms in total. The van der Waals surface area contributed by atoms with Crippen molar-refractivity contribution in [2.24, 2.45) is 5.92 Å². The van der Waals surface area contributed by atoms with Crippen molar-refractivity contribution in [2.45, 2.75) is 19.8 Å². The summed E-state index contributed by atoms with van der Waals surface area (Å²) in [4.78, 5) is 11.7. The zero-order valence-corrected chi connectivity index (χ0v) is 12.0. The van der Waals surface area contributed by atoms with Gasteiger partial charge >= 0.3 is 0 Å². The molecule has 2 N–H and O–H groups in total. The van der Waals surface area contributed by atoms with E-state index in [1.807, 2.05) is 32.2 Å². The predicted molar refractivity (Wildman–Crippen MR) is 77.4 cm³/mol. The number of ether oxygens (including phenoxy) is 1. The standard InChI is InChI=1S/C15H24N2O2/c1-12(11-16-2)15(18)17-9-5-7-13-6-4-8-14(10-13)19-3/h4,6,8,10,12,16H,5,7,9,11H2,1-3H3,(H,17,18). The van der Waals surface area contributed by atoms with E-state index in [9.17, 15) is 4.79 Å². The number of carbonyl (C=O) groups is 1. The predicted octanol–water partition coefficient (Wildman–Crippen LogP) is 1.60. The molecular weight excluding hydrogens is 240 g/mol. The Kier molecular flexibility index (Phi) is 6.97. The number of benzene rings is 1. The van der Waals surface area contributed by atoms with Crippen molar-refractivity contribution >= 4 is 5.91 Å². The zero-order valence-electron chi connectivity index (χ0n) is 12.0. The average molecular weight is 264 g/mol. The molecule has 1 atom stereocenters. The van der Waals surface area contributed by atoms with Crippen LogP contribution in [0.3, 0.4) is 0 Å². The fourth-order valence-corrected chi connectivity index (χ4v) is 1.91. The lowest BCUT2D eigenvalue weighted by molar-refractivity contribution is -0.124. The summed E-state index contributed by atoms with van der Waals surface area (Å²) < 4.78 is 5.18. The summed E-state index contributed by atoms with van der Waals surface area (Å²) in [5.41, 5.74) is 1.23. The first-order chi connectivity index (χ1) is 9.17. The third kappa shape index (κ3) is 5.75. The van der Waals surface area contributed by atoms with Gasteiger partial charge in [-0.2, -0.15) is 0 Å². The molecule has 1 aromatic rings. The van der Waals surface area contributed by atoms with Crippen molar-refractivity contribution < 1.29 is 9.53 Å². The van der Waals surface area contributed by atoms with Gasteiger partial charge in [-0.1, -0.05) is 19.1 Å². The minimum absolute atomic E-state index is 0.0156. The van der Waals surface area contributed by atoms with Crippen LogP contribution in [0.4, 0.5) is 0 Å². The molecular formula is C15H24N2O2. The molecule has 19 heavy (non-hydrogen) atoms. The van der Waals surface area contributed by atoms with Gasteiger partial charge in [0.15, 0.2) is 0 Å². The van der Waals surface area contributed by atoms with Crippen LogP contribution in [-0.4, -0.2) is 33.2 Å². The SMILES string of the molecule is CNCC(C)C(=O)NCCCc1cccc(OC)c1. The van der Waals surface area contributed by atoms with Gasteiger partial charge in [0, 0.05) is 19.0 Å². The maximum atomic E-state index is 11.7. The van der Waals surface area contributed by atoms with Crippen LogP contribution in [0.2, 0.25) is 0 Å². The molecule has 0 aliphatic carbocycles. The Labute approximate surface area is 115 Å². The second-order valence-corrected chi connectivity index (χ2v) is 4.70. The highest BCUT2D eigenvalue weighted by atomic mass is 16.5. The van der Waals surface area contributed by atoms with Gasteiger partial charge in [-0.3, -0.25) is 4.79 Å². The minimum atomic E-state index is 0.0156. The van der Waals surface area contributed by atoms with E-state index in [1.165, 1.54) is 5.56 Å². The largest absolute Gasteiger partial charge is 0.497 e. The molecule has 0 fully saturated rings. The second-order valence-electron chi connectivity index (χ2n) is 4.70.